The van der Waals surface area contributed by atoms with Crippen LogP contribution in [0.25, 0.3) is 0 Å². The Kier molecular flexibility index (Phi) is 7.68. The average Bonchev–Trinajstić information content (AvgIpc) is 2.40. The van der Waals surface area contributed by atoms with Crippen molar-refractivity contribution in [3.05, 3.63) is 60.4 Å². The van der Waals surface area contributed by atoms with Crippen LogP contribution in [0.15, 0.2) is 59.7 Å². The second-order valence-corrected chi connectivity index (χ2v) is 4.72. The Balaban J connectivity index is 0.000000437. The van der Waals surface area contributed by atoms with E-state index in [1.807, 2.05) is 48.5 Å². The molecule has 0 spiro atoms. The Labute approximate surface area is 115 Å². The molecule has 0 aliphatic rings. The van der Waals surface area contributed by atoms with Gasteiger partial charge in [0.25, 0.3) is 0 Å². The second kappa shape index (κ2) is 9.20. The van der Waals surface area contributed by atoms with E-state index < -0.39 is 0 Å². The van der Waals surface area contributed by atoms with E-state index in [0.29, 0.717) is 0 Å². The van der Waals surface area contributed by atoms with Gasteiger partial charge in [0.1, 0.15) is 0 Å². The number of rotatable bonds is 2. The molecule has 1 aromatic heterocycles. The Morgan fingerprint density at radius 2 is 1.65 bits per heavy atom. The van der Waals surface area contributed by atoms with Gasteiger partial charge in [-0.25, -0.2) is 0 Å². The van der Waals surface area contributed by atoms with Gasteiger partial charge in [0.05, 0.1) is 17.6 Å². The third kappa shape index (κ3) is 6.44. The van der Waals surface area contributed by atoms with Gasteiger partial charge in [-0.05, 0) is 24.3 Å². The van der Waals surface area contributed by atoms with Crippen molar-refractivity contribution in [1.82, 2.24) is 4.98 Å². The summed E-state index contributed by atoms with van der Waals surface area (Å²) in [7, 11) is 9.53. The van der Waals surface area contributed by atoms with Crippen LogP contribution in [-0.2, 0) is 13.1 Å². The third-order valence-electron chi connectivity index (χ3n) is 1.79. The second-order valence-electron chi connectivity index (χ2n) is 2.90. The first-order chi connectivity index (χ1) is 8.36. The first-order valence-electron chi connectivity index (χ1n) is 4.72. The van der Waals surface area contributed by atoms with Gasteiger partial charge < -0.3 is 0 Å². The minimum absolute atomic E-state index is 0.194. The van der Waals surface area contributed by atoms with Crippen LogP contribution < -0.4 is 0 Å². The van der Waals surface area contributed by atoms with E-state index >= 15 is 0 Å². The van der Waals surface area contributed by atoms with E-state index in [1.54, 1.807) is 12.4 Å². The number of nitrogens with zero attached hydrogens (tertiary/aromatic N) is 2. The predicted octanol–water partition coefficient (Wildman–Crippen LogP) is 4.21. The zero-order valence-electron chi connectivity index (χ0n) is 8.78. The quantitative estimate of drug-likeness (QED) is 0.602. The number of hydrogen-bond donors (Lipinski definition) is 0. The fraction of sp³-hybridized carbons (Fsp3) is 0. The number of aromatic nitrogens is 1. The van der Waals surface area contributed by atoms with E-state index in [2.05, 4.69) is 9.98 Å². The molecule has 0 bridgehead atoms. The van der Waals surface area contributed by atoms with Crippen molar-refractivity contribution in [2.24, 2.45) is 4.99 Å². The Morgan fingerprint density at radius 3 is 2.24 bits per heavy atom. The summed E-state index contributed by atoms with van der Waals surface area (Å²) >= 11 is 0.194. The first-order valence-corrected chi connectivity index (χ1v) is 7.76. The third-order valence-corrected chi connectivity index (χ3v) is 1.79. The maximum absolute atomic E-state index is 4.76. The van der Waals surface area contributed by atoms with Crippen molar-refractivity contribution in [3.63, 3.8) is 0 Å². The van der Waals surface area contributed by atoms with Crippen LogP contribution in [0, 0.1) is 0 Å². The van der Waals surface area contributed by atoms with Crippen molar-refractivity contribution in [1.29, 1.82) is 0 Å². The number of hydrogen-bond acceptors (Lipinski definition) is 2. The molecule has 0 N–H and O–H groups in total. The molecule has 1 heterocycles. The predicted molar refractivity (Wildman–Crippen MR) is 69.6 cm³/mol. The molecule has 0 radical (unpaired) electrons. The molecular formula is C12H10Cl2FeN2. The van der Waals surface area contributed by atoms with Gasteiger partial charge in [-0.1, -0.05) is 24.3 Å². The topological polar surface area (TPSA) is 25.2 Å². The fourth-order valence-corrected chi connectivity index (χ4v) is 1.11. The number of aliphatic imine (C=N–C) groups is 1. The number of benzene rings is 1. The van der Waals surface area contributed by atoms with Crippen molar-refractivity contribution >= 4 is 32.1 Å². The van der Waals surface area contributed by atoms with Crippen LogP contribution in [-0.4, -0.2) is 11.2 Å². The molecule has 90 valence electrons. The summed E-state index contributed by atoms with van der Waals surface area (Å²) in [6, 6.07) is 15.6. The van der Waals surface area contributed by atoms with Crippen LogP contribution in [0.5, 0.6) is 0 Å². The molecule has 0 amide bonds. The van der Waals surface area contributed by atoms with Gasteiger partial charge in [-0.3, -0.25) is 9.98 Å². The van der Waals surface area contributed by atoms with E-state index in [4.69, 9.17) is 20.2 Å². The minimum atomic E-state index is 0.194. The average molecular weight is 309 g/mol. The summed E-state index contributed by atoms with van der Waals surface area (Å²) in [6.07, 6.45) is 3.52. The number of para-hydroxylation sites is 1. The molecule has 0 fully saturated rings. The number of pyridine rings is 1. The van der Waals surface area contributed by atoms with Crippen LogP contribution in [0.4, 0.5) is 5.69 Å². The van der Waals surface area contributed by atoms with Crippen molar-refractivity contribution in [3.8, 4) is 0 Å². The monoisotopic (exact) mass is 308 g/mol. The van der Waals surface area contributed by atoms with E-state index in [9.17, 15) is 0 Å². The summed E-state index contributed by atoms with van der Waals surface area (Å²) < 4.78 is 0. The zero-order valence-corrected chi connectivity index (χ0v) is 11.4. The SMILES string of the molecule is C(=Nc1ccccc1)c1ccccn1.[Cl][Fe][Cl]. The van der Waals surface area contributed by atoms with Gasteiger partial charge in [0.15, 0.2) is 0 Å². The Hall–Kier alpha value is -0.861. The summed E-state index contributed by atoms with van der Waals surface area (Å²) in [5.41, 5.74) is 1.81. The molecule has 2 nitrogen and oxygen atoms in total. The van der Waals surface area contributed by atoms with E-state index in [-0.39, 0.29) is 13.1 Å². The molecule has 0 saturated heterocycles. The normalized spacial score (nSPS) is 10.0. The number of halogens is 2. The summed E-state index contributed by atoms with van der Waals surface area (Å²) in [4.78, 5) is 8.43. The Morgan fingerprint density at radius 1 is 1.00 bits per heavy atom. The summed E-state index contributed by atoms with van der Waals surface area (Å²) in [6.45, 7) is 0. The Bertz CT molecular complexity index is 393. The van der Waals surface area contributed by atoms with Crippen LogP contribution in [0.1, 0.15) is 5.69 Å². The van der Waals surface area contributed by atoms with Crippen molar-refractivity contribution in [2.75, 3.05) is 0 Å². The van der Waals surface area contributed by atoms with Crippen molar-refractivity contribution in [2.45, 2.75) is 0 Å². The van der Waals surface area contributed by atoms with Gasteiger partial charge >= 0.3 is 33.3 Å². The summed E-state index contributed by atoms with van der Waals surface area (Å²) in [5, 5.41) is 0. The molecule has 0 aliphatic carbocycles. The van der Waals surface area contributed by atoms with Gasteiger partial charge in [-0.15, -0.1) is 0 Å². The fourth-order valence-electron chi connectivity index (χ4n) is 1.11. The molecule has 1 aromatic carbocycles. The molecule has 0 atom stereocenters. The van der Waals surface area contributed by atoms with Crippen LogP contribution >= 0.6 is 20.2 Å². The molecule has 0 unspecified atom stereocenters. The van der Waals surface area contributed by atoms with Crippen molar-refractivity contribution < 1.29 is 13.1 Å². The van der Waals surface area contributed by atoms with Gasteiger partial charge in [-0.2, -0.15) is 0 Å². The van der Waals surface area contributed by atoms with E-state index in [1.165, 1.54) is 0 Å². The molecule has 2 aromatic rings. The molecule has 0 aliphatic heterocycles. The van der Waals surface area contributed by atoms with Gasteiger partial charge in [0.2, 0.25) is 0 Å². The molecule has 0 saturated carbocycles. The standard InChI is InChI=1S/C12H10N2.2ClH.Fe/c1-2-6-11(7-3-1)14-10-12-8-4-5-9-13-12;;;/h1-10H;2*1H;/q;;;+2/p-2. The maximum atomic E-state index is 4.76. The van der Waals surface area contributed by atoms with Gasteiger partial charge in [0, 0.05) is 6.20 Å². The molecule has 2 rings (SSSR count). The molecule has 17 heavy (non-hydrogen) atoms. The van der Waals surface area contributed by atoms with Crippen LogP contribution in [0.2, 0.25) is 0 Å². The zero-order chi connectivity index (χ0) is 12.3. The molecule has 5 heteroatoms. The first kappa shape index (κ1) is 14.2. The van der Waals surface area contributed by atoms with E-state index in [0.717, 1.165) is 11.4 Å². The molecular weight excluding hydrogens is 299 g/mol. The van der Waals surface area contributed by atoms with Crippen LogP contribution in [0.3, 0.4) is 0 Å². The summed E-state index contributed by atoms with van der Waals surface area (Å²) in [5.74, 6) is 0.